The highest BCUT2D eigenvalue weighted by Gasteiger charge is 2.14. The van der Waals surface area contributed by atoms with E-state index in [1.807, 2.05) is 6.92 Å². The van der Waals surface area contributed by atoms with Gasteiger partial charge in [0.1, 0.15) is 11.3 Å². The number of carboxylic acid groups (broad SMARTS) is 1. The van der Waals surface area contributed by atoms with Crippen LogP contribution < -0.4 is 0 Å². The van der Waals surface area contributed by atoms with Crippen molar-refractivity contribution in [2.75, 3.05) is 5.75 Å². The van der Waals surface area contributed by atoms with Crippen molar-refractivity contribution in [2.24, 2.45) is 0 Å². The Balaban J connectivity index is 3.17. The van der Waals surface area contributed by atoms with E-state index in [-0.39, 0.29) is 11.3 Å². The van der Waals surface area contributed by atoms with E-state index in [1.54, 1.807) is 12.1 Å². The first-order chi connectivity index (χ1) is 6.16. The Hall–Kier alpha value is -1.16. The zero-order valence-corrected chi connectivity index (χ0v) is 7.97. The van der Waals surface area contributed by atoms with Gasteiger partial charge in [-0.2, -0.15) is 0 Å². The molecule has 0 spiro atoms. The number of hydrogen-bond donors (Lipinski definition) is 2. The third kappa shape index (κ3) is 2.15. The second kappa shape index (κ2) is 4.18. The molecule has 0 radical (unpaired) electrons. The molecule has 0 bridgehead atoms. The highest BCUT2D eigenvalue weighted by atomic mass is 32.2. The fraction of sp³-hybridized carbons (Fsp3) is 0.222. The summed E-state index contributed by atoms with van der Waals surface area (Å²) in [6.07, 6.45) is 0. The molecule has 4 heteroatoms. The van der Waals surface area contributed by atoms with Crippen molar-refractivity contribution < 1.29 is 15.0 Å². The third-order valence-corrected chi connectivity index (χ3v) is 2.46. The molecular formula is C9H10O3S. The van der Waals surface area contributed by atoms with E-state index >= 15 is 0 Å². The number of phenols is 1. The van der Waals surface area contributed by atoms with Gasteiger partial charge in [0.2, 0.25) is 0 Å². The molecule has 0 aliphatic carbocycles. The van der Waals surface area contributed by atoms with Crippen LogP contribution in [0.1, 0.15) is 17.3 Å². The average molecular weight is 198 g/mol. The Morgan fingerprint density at radius 1 is 1.54 bits per heavy atom. The van der Waals surface area contributed by atoms with E-state index in [0.29, 0.717) is 4.90 Å². The fourth-order valence-corrected chi connectivity index (χ4v) is 1.83. The topological polar surface area (TPSA) is 57.5 Å². The predicted molar refractivity (Wildman–Crippen MR) is 51.5 cm³/mol. The molecule has 0 saturated heterocycles. The van der Waals surface area contributed by atoms with Crippen LogP contribution in [-0.2, 0) is 0 Å². The van der Waals surface area contributed by atoms with Crippen LogP contribution in [0.2, 0.25) is 0 Å². The summed E-state index contributed by atoms with van der Waals surface area (Å²) in [6, 6.07) is 4.71. The molecule has 0 fully saturated rings. The summed E-state index contributed by atoms with van der Waals surface area (Å²) in [6.45, 7) is 1.93. The monoisotopic (exact) mass is 198 g/mol. The molecule has 2 N–H and O–H groups in total. The number of carboxylic acids is 1. The second-order valence-corrected chi connectivity index (χ2v) is 3.69. The molecule has 0 aliphatic rings. The third-order valence-electron chi connectivity index (χ3n) is 1.52. The summed E-state index contributed by atoms with van der Waals surface area (Å²) < 4.78 is 0. The lowest BCUT2D eigenvalue weighted by Gasteiger charge is -2.05. The summed E-state index contributed by atoms with van der Waals surface area (Å²) in [5, 5.41) is 18.1. The summed E-state index contributed by atoms with van der Waals surface area (Å²) in [4.78, 5) is 11.4. The molecule has 0 atom stereocenters. The molecule has 1 aromatic rings. The number of thioether (sulfide) groups is 1. The SMILES string of the molecule is CCSc1cccc(O)c1C(=O)O. The van der Waals surface area contributed by atoms with E-state index in [0.717, 1.165) is 5.75 Å². The molecule has 0 amide bonds. The van der Waals surface area contributed by atoms with Crippen molar-refractivity contribution in [3.63, 3.8) is 0 Å². The van der Waals surface area contributed by atoms with E-state index in [2.05, 4.69) is 0 Å². The highest BCUT2D eigenvalue weighted by Crippen LogP contribution is 2.28. The molecule has 1 rings (SSSR count). The Kier molecular flexibility index (Phi) is 3.19. The summed E-state index contributed by atoms with van der Waals surface area (Å²) >= 11 is 1.40. The Bertz CT molecular complexity index is 323. The van der Waals surface area contributed by atoms with Crippen molar-refractivity contribution in [2.45, 2.75) is 11.8 Å². The van der Waals surface area contributed by atoms with Crippen molar-refractivity contribution >= 4 is 17.7 Å². The Morgan fingerprint density at radius 3 is 2.77 bits per heavy atom. The van der Waals surface area contributed by atoms with Gasteiger partial charge in [-0.25, -0.2) is 4.79 Å². The van der Waals surface area contributed by atoms with E-state index < -0.39 is 5.97 Å². The zero-order valence-electron chi connectivity index (χ0n) is 7.15. The molecule has 0 saturated carbocycles. The molecule has 0 heterocycles. The van der Waals surface area contributed by atoms with Gasteiger partial charge in [-0.1, -0.05) is 13.0 Å². The molecule has 13 heavy (non-hydrogen) atoms. The molecule has 0 aliphatic heterocycles. The number of aromatic carboxylic acids is 1. The Labute approximate surface area is 80.4 Å². The average Bonchev–Trinajstić information content (AvgIpc) is 2.04. The molecule has 1 aromatic carbocycles. The second-order valence-electron chi connectivity index (χ2n) is 2.39. The van der Waals surface area contributed by atoms with Gasteiger partial charge < -0.3 is 10.2 Å². The first-order valence-corrected chi connectivity index (χ1v) is 4.83. The number of aromatic hydroxyl groups is 1. The van der Waals surface area contributed by atoms with Crippen LogP contribution in [-0.4, -0.2) is 21.9 Å². The van der Waals surface area contributed by atoms with Crippen molar-refractivity contribution in [3.05, 3.63) is 23.8 Å². The number of benzene rings is 1. The van der Waals surface area contributed by atoms with Crippen molar-refractivity contribution in [3.8, 4) is 5.75 Å². The first kappa shape index (κ1) is 9.92. The maximum atomic E-state index is 10.7. The van der Waals surface area contributed by atoms with Gasteiger partial charge >= 0.3 is 5.97 Å². The van der Waals surface area contributed by atoms with Gasteiger partial charge in [0, 0.05) is 4.90 Å². The lowest BCUT2D eigenvalue weighted by atomic mass is 10.2. The maximum Gasteiger partial charge on any atom is 0.340 e. The van der Waals surface area contributed by atoms with Crippen LogP contribution in [0, 0.1) is 0 Å². The molecule has 0 unspecified atom stereocenters. The maximum absolute atomic E-state index is 10.7. The number of carbonyl (C=O) groups is 1. The quantitative estimate of drug-likeness (QED) is 0.731. The van der Waals surface area contributed by atoms with Gasteiger partial charge in [-0.05, 0) is 17.9 Å². The number of hydrogen-bond acceptors (Lipinski definition) is 3. The first-order valence-electron chi connectivity index (χ1n) is 3.85. The standard InChI is InChI=1S/C9H10O3S/c1-2-13-7-5-3-4-6(10)8(7)9(11)12/h3-5,10H,2H2,1H3,(H,11,12). The smallest absolute Gasteiger partial charge is 0.340 e. The van der Waals surface area contributed by atoms with Gasteiger partial charge in [-0.15, -0.1) is 11.8 Å². The van der Waals surface area contributed by atoms with Crippen LogP contribution in [0.15, 0.2) is 23.1 Å². The van der Waals surface area contributed by atoms with Gasteiger partial charge in [0.05, 0.1) is 0 Å². The predicted octanol–water partition coefficient (Wildman–Crippen LogP) is 2.20. The van der Waals surface area contributed by atoms with E-state index in [1.165, 1.54) is 17.8 Å². The van der Waals surface area contributed by atoms with Crippen molar-refractivity contribution in [1.29, 1.82) is 0 Å². The van der Waals surface area contributed by atoms with Gasteiger partial charge in [0.15, 0.2) is 0 Å². The van der Waals surface area contributed by atoms with Gasteiger partial charge in [0.25, 0.3) is 0 Å². The largest absolute Gasteiger partial charge is 0.507 e. The normalized spacial score (nSPS) is 9.92. The minimum absolute atomic E-state index is 0.00523. The highest BCUT2D eigenvalue weighted by molar-refractivity contribution is 7.99. The van der Waals surface area contributed by atoms with E-state index in [4.69, 9.17) is 5.11 Å². The fourth-order valence-electron chi connectivity index (χ4n) is 1.01. The van der Waals surface area contributed by atoms with Gasteiger partial charge in [-0.3, -0.25) is 0 Å². The summed E-state index contributed by atoms with van der Waals surface area (Å²) in [5.41, 5.74) is -0.00523. The summed E-state index contributed by atoms with van der Waals surface area (Å²) in [7, 11) is 0. The number of rotatable bonds is 3. The minimum Gasteiger partial charge on any atom is -0.507 e. The summed E-state index contributed by atoms with van der Waals surface area (Å²) in [5.74, 6) is -0.482. The molecular weight excluding hydrogens is 188 g/mol. The van der Waals surface area contributed by atoms with Crippen LogP contribution in [0.3, 0.4) is 0 Å². The Morgan fingerprint density at radius 2 is 2.23 bits per heavy atom. The van der Waals surface area contributed by atoms with E-state index in [9.17, 15) is 9.90 Å². The lowest BCUT2D eigenvalue weighted by molar-refractivity contribution is 0.0690. The van der Waals surface area contributed by atoms with Crippen LogP contribution >= 0.6 is 11.8 Å². The van der Waals surface area contributed by atoms with Crippen LogP contribution in [0.4, 0.5) is 0 Å². The van der Waals surface area contributed by atoms with Crippen LogP contribution in [0.25, 0.3) is 0 Å². The molecule has 3 nitrogen and oxygen atoms in total. The lowest BCUT2D eigenvalue weighted by Crippen LogP contribution is -1.99. The zero-order chi connectivity index (χ0) is 9.84. The minimum atomic E-state index is -1.09. The van der Waals surface area contributed by atoms with Crippen molar-refractivity contribution in [1.82, 2.24) is 0 Å². The molecule has 70 valence electrons. The molecule has 0 aromatic heterocycles. The van der Waals surface area contributed by atoms with Crippen LogP contribution in [0.5, 0.6) is 5.75 Å².